The molecule has 0 aliphatic carbocycles. The number of hydrogen-bond donors (Lipinski definition) is 2. The molecule has 0 aromatic heterocycles. The van der Waals surface area contributed by atoms with E-state index in [1.54, 1.807) is 24.1 Å². The van der Waals surface area contributed by atoms with Gasteiger partial charge in [0.15, 0.2) is 0 Å². The largest absolute Gasteiger partial charge is 0.507 e. The van der Waals surface area contributed by atoms with Crippen LogP contribution in [0.15, 0.2) is 18.2 Å². The maximum absolute atomic E-state index is 12.1. The molecule has 1 aromatic carbocycles. The molecule has 18 heavy (non-hydrogen) atoms. The Kier molecular flexibility index (Phi) is 5.45. The lowest BCUT2D eigenvalue weighted by Crippen LogP contribution is -2.29. The van der Waals surface area contributed by atoms with Gasteiger partial charge in [0.25, 0.3) is 5.91 Å². The smallest absolute Gasteiger partial charge is 0.257 e. The van der Waals surface area contributed by atoms with Crippen LogP contribution in [-0.4, -0.2) is 50.2 Å². The van der Waals surface area contributed by atoms with Gasteiger partial charge >= 0.3 is 0 Å². The minimum Gasteiger partial charge on any atom is -0.507 e. The van der Waals surface area contributed by atoms with Crippen molar-refractivity contribution in [2.24, 2.45) is 0 Å². The fourth-order valence-corrected chi connectivity index (χ4v) is 1.62. The molecule has 0 aliphatic heterocycles. The molecule has 0 heterocycles. The van der Waals surface area contributed by atoms with Gasteiger partial charge in [-0.2, -0.15) is 0 Å². The Balaban J connectivity index is 2.71. The van der Waals surface area contributed by atoms with Crippen LogP contribution in [0.3, 0.4) is 0 Å². The minimum absolute atomic E-state index is 0.0557. The van der Waals surface area contributed by atoms with E-state index in [0.29, 0.717) is 17.9 Å². The molecule has 0 saturated carbocycles. The van der Waals surface area contributed by atoms with Crippen LogP contribution < -0.4 is 10.1 Å². The van der Waals surface area contributed by atoms with Crippen LogP contribution in [0, 0.1) is 0 Å². The summed E-state index contributed by atoms with van der Waals surface area (Å²) in [7, 11) is 5.11. The molecule has 100 valence electrons. The first-order valence-electron chi connectivity index (χ1n) is 5.87. The number of nitrogens with zero attached hydrogens (tertiary/aromatic N) is 1. The maximum Gasteiger partial charge on any atom is 0.257 e. The molecule has 0 radical (unpaired) electrons. The van der Waals surface area contributed by atoms with Crippen molar-refractivity contribution in [1.82, 2.24) is 10.2 Å². The number of phenolic OH excluding ortho intramolecular Hbond substituents is 1. The van der Waals surface area contributed by atoms with Crippen molar-refractivity contribution >= 4 is 5.91 Å². The highest BCUT2D eigenvalue weighted by Gasteiger charge is 2.15. The van der Waals surface area contributed by atoms with E-state index in [2.05, 4.69) is 5.32 Å². The Labute approximate surface area is 107 Å². The lowest BCUT2D eigenvalue weighted by Gasteiger charge is -2.17. The third-order valence-electron chi connectivity index (χ3n) is 2.70. The number of carbonyl (C=O) groups excluding carboxylic acids is 1. The van der Waals surface area contributed by atoms with Crippen LogP contribution in [0.5, 0.6) is 11.5 Å². The van der Waals surface area contributed by atoms with Gasteiger partial charge in [-0.25, -0.2) is 0 Å². The number of hydrogen-bond acceptors (Lipinski definition) is 4. The number of methoxy groups -OCH3 is 1. The third kappa shape index (κ3) is 3.63. The summed E-state index contributed by atoms with van der Waals surface area (Å²) in [5, 5.41) is 12.8. The number of nitrogens with one attached hydrogen (secondary N) is 1. The summed E-state index contributed by atoms with van der Waals surface area (Å²) in [5.74, 6) is 0.285. The number of aromatic hydroxyl groups is 1. The Hall–Kier alpha value is -1.75. The number of rotatable bonds is 6. The second-order valence-corrected chi connectivity index (χ2v) is 4.07. The SMILES string of the molecule is CNCCCN(C)C(=O)c1ccc(OC)cc1O. The fraction of sp³-hybridized carbons (Fsp3) is 0.462. The Morgan fingerprint density at radius 1 is 1.50 bits per heavy atom. The summed E-state index contributed by atoms with van der Waals surface area (Å²) in [6.45, 7) is 1.50. The molecule has 1 amide bonds. The molecule has 1 rings (SSSR count). The first kappa shape index (κ1) is 14.3. The van der Waals surface area contributed by atoms with Crippen molar-refractivity contribution in [3.05, 3.63) is 23.8 Å². The van der Waals surface area contributed by atoms with Gasteiger partial charge in [-0.15, -0.1) is 0 Å². The second kappa shape index (κ2) is 6.86. The number of ether oxygens (including phenoxy) is 1. The van der Waals surface area contributed by atoms with E-state index in [4.69, 9.17) is 4.74 Å². The molecular formula is C13H20N2O3. The molecule has 5 nitrogen and oxygen atoms in total. The molecule has 0 atom stereocenters. The molecule has 0 saturated heterocycles. The number of benzene rings is 1. The summed E-state index contributed by atoms with van der Waals surface area (Å²) in [6.07, 6.45) is 0.871. The number of phenols is 1. The van der Waals surface area contributed by atoms with Crippen LogP contribution in [0.4, 0.5) is 0 Å². The first-order valence-corrected chi connectivity index (χ1v) is 5.87. The van der Waals surface area contributed by atoms with Crippen LogP contribution in [-0.2, 0) is 0 Å². The fourth-order valence-electron chi connectivity index (χ4n) is 1.62. The maximum atomic E-state index is 12.1. The van der Waals surface area contributed by atoms with Crippen molar-refractivity contribution in [3.8, 4) is 11.5 Å². The van der Waals surface area contributed by atoms with Crippen molar-refractivity contribution in [2.75, 3.05) is 34.3 Å². The molecule has 0 aliphatic rings. The lowest BCUT2D eigenvalue weighted by atomic mass is 10.1. The van der Waals surface area contributed by atoms with Crippen molar-refractivity contribution in [3.63, 3.8) is 0 Å². The van der Waals surface area contributed by atoms with Gasteiger partial charge in [0, 0.05) is 19.7 Å². The molecule has 0 fully saturated rings. The van der Waals surface area contributed by atoms with Crippen LogP contribution >= 0.6 is 0 Å². The Morgan fingerprint density at radius 2 is 2.22 bits per heavy atom. The zero-order chi connectivity index (χ0) is 13.5. The molecule has 0 unspecified atom stereocenters. The van der Waals surface area contributed by atoms with Gasteiger partial charge in [-0.05, 0) is 32.1 Å². The molecular weight excluding hydrogens is 232 g/mol. The van der Waals surface area contributed by atoms with Crippen LogP contribution in [0.1, 0.15) is 16.8 Å². The van der Waals surface area contributed by atoms with E-state index in [1.165, 1.54) is 13.2 Å². The van der Waals surface area contributed by atoms with Gasteiger partial charge in [-0.3, -0.25) is 4.79 Å². The molecule has 1 aromatic rings. The quantitative estimate of drug-likeness (QED) is 0.744. The first-order chi connectivity index (χ1) is 8.60. The number of carbonyl (C=O) groups is 1. The summed E-state index contributed by atoms with van der Waals surface area (Å²) >= 11 is 0. The highest BCUT2D eigenvalue weighted by atomic mass is 16.5. The van der Waals surface area contributed by atoms with Gasteiger partial charge < -0.3 is 20.1 Å². The monoisotopic (exact) mass is 252 g/mol. The van der Waals surface area contributed by atoms with Gasteiger partial charge in [0.05, 0.1) is 12.7 Å². The minimum atomic E-state index is -0.189. The lowest BCUT2D eigenvalue weighted by molar-refractivity contribution is 0.0790. The predicted molar refractivity (Wildman–Crippen MR) is 70.2 cm³/mol. The van der Waals surface area contributed by atoms with E-state index in [0.717, 1.165) is 13.0 Å². The summed E-state index contributed by atoms with van der Waals surface area (Å²) in [5.41, 5.74) is 0.294. The van der Waals surface area contributed by atoms with Gasteiger partial charge in [0.1, 0.15) is 11.5 Å². The molecule has 2 N–H and O–H groups in total. The van der Waals surface area contributed by atoms with E-state index >= 15 is 0 Å². The number of amides is 1. The highest BCUT2D eigenvalue weighted by Crippen LogP contribution is 2.24. The summed E-state index contributed by atoms with van der Waals surface area (Å²) in [6, 6.07) is 4.67. The topological polar surface area (TPSA) is 61.8 Å². The third-order valence-corrected chi connectivity index (χ3v) is 2.70. The van der Waals surface area contributed by atoms with E-state index in [-0.39, 0.29) is 11.7 Å². The molecule has 0 spiro atoms. The molecule has 5 heteroatoms. The summed E-state index contributed by atoms with van der Waals surface area (Å²) < 4.78 is 4.98. The van der Waals surface area contributed by atoms with E-state index in [1.807, 2.05) is 7.05 Å². The predicted octanol–water partition coefficient (Wildman–Crippen LogP) is 1.08. The standard InChI is InChI=1S/C13H20N2O3/c1-14-7-4-8-15(2)13(17)11-6-5-10(18-3)9-12(11)16/h5-6,9,14,16H,4,7-8H2,1-3H3. The van der Waals surface area contributed by atoms with Crippen LogP contribution in [0.2, 0.25) is 0 Å². The Bertz CT molecular complexity index is 407. The van der Waals surface area contributed by atoms with Crippen molar-refractivity contribution in [1.29, 1.82) is 0 Å². The normalized spacial score (nSPS) is 10.2. The highest BCUT2D eigenvalue weighted by molar-refractivity contribution is 5.96. The second-order valence-electron chi connectivity index (χ2n) is 4.07. The van der Waals surface area contributed by atoms with E-state index < -0.39 is 0 Å². The zero-order valence-corrected chi connectivity index (χ0v) is 11.1. The summed E-state index contributed by atoms with van der Waals surface area (Å²) in [4.78, 5) is 13.7. The van der Waals surface area contributed by atoms with Crippen molar-refractivity contribution in [2.45, 2.75) is 6.42 Å². The zero-order valence-electron chi connectivity index (χ0n) is 11.1. The average Bonchev–Trinajstić information content (AvgIpc) is 2.38. The Morgan fingerprint density at radius 3 is 2.78 bits per heavy atom. The van der Waals surface area contributed by atoms with Gasteiger partial charge in [-0.1, -0.05) is 0 Å². The van der Waals surface area contributed by atoms with E-state index in [9.17, 15) is 9.90 Å². The average molecular weight is 252 g/mol. The van der Waals surface area contributed by atoms with Crippen LogP contribution in [0.25, 0.3) is 0 Å². The van der Waals surface area contributed by atoms with Crippen molar-refractivity contribution < 1.29 is 14.6 Å². The van der Waals surface area contributed by atoms with Gasteiger partial charge in [0.2, 0.25) is 0 Å². The molecule has 0 bridgehead atoms.